The molecule has 1 aliphatic heterocycles. The Labute approximate surface area is 130 Å². The standard InChI is InChI=1S/C19H19NO2/c1-20(2)14-9-4-7-12-6-3-8-13(17(12)14)19(20)18-15(21)10-5-11-16(18)22/h3-4,6-9,19H,5,10-11H2,1-2H3. The topological polar surface area (TPSA) is 40.1 Å². The van der Waals surface area contributed by atoms with Crippen LogP contribution in [0.4, 0.5) is 5.69 Å². The molecule has 1 atom stereocenters. The zero-order chi connectivity index (χ0) is 15.5. The van der Waals surface area contributed by atoms with Crippen molar-refractivity contribution < 1.29 is 9.90 Å². The van der Waals surface area contributed by atoms with E-state index in [0.717, 1.165) is 5.56 Å². The first-order valence-electron chi connectivity index (χ1n) is 7.81. The number of allylic oxidation sites excluding steroid dienone is 1. The van der Waals surface area contributed by atoms with Gasteiger partial charge in [-0.05, 0) is 24.3 Å². The molecule has 0 radical (unpaired) electrons. The number of hydrogen-bond donors (Lipinski definition) is 0. The molecule has 1 unspecified atom stereocenters. The summed E-state index contributed by atoms with van der Waals surface area (Å²) < 4.78 is 0.545. The normalized spacial score (nSPS) is 23.4. The van der Waals surface area contributed by atoms with Gasteiger partial charge in [0.25, 0.3) is 0 Å². The number of hydrogen-bond acceptors (Lipinski definition) is 2. The third-order valence-electron chi connectivity index (χ3n) is 5.16. The van der Waals surface area contributed by atoms with Crippen LogP contribution < -0.4 is 9.59 Å². The number of nitrogens with zero attached hydrogens (tertiary/aromatic N) is 1. The summed E-state index contributed by atoms with van der Waals surface area (Å²) in [6.45, 7) is 0. The van der Waals surface area contributed by atoms with Crippen LogP contribution in [0.15, 0.2) is 47.7 Å². The Hall–Kier alpha value is -2.13. The van der Waals surface area contributed by atoms with Gasteiger partial charge in [0.2, 0.25) is 0 Å². The van der Waals surface area contributed by atoms with Crippen LogP contribution in [-0.4, -0.2) is 19.9 Å². The van der Waals surface area contributed by atoms with Gasteiger partial charge in [-0.3, -0.25) is 9.28 Å². The second-order valence-corrected chi connectivity index (χ2v) is 6.78. The average Bonchev–Trinajstić information content (AvgIpc) is 2.71. The number of quaternary nitrogens is 1. The van der Waals surface area contributed by atoms with Crippen molar-refractivity contribution in [2.24, 2.45) is 0 Å². The molecule has 0 bridgehead atoms. The van der Waals surface area contributed by atoms with Crippen LogP contribution in [0.1, 0.15) is 30.9 Å². The fourth-order valence-electron chi connectivity index (χ4n) is 4.16. The summed E-state index contributed by atoms with van der Waals surface area (Å²) >= 11 is 0. The molecule has 0 saturated heterocycles. The van der Waals surface area contributed by atoms with Crippen molar-refractivity contribution in [2.75, 3.05) is 14.1 Å². The summed E-state index contributed by atoms with van der Waals surface area (Å²) in [6.07, 6.45) is 1.70. The minimum absolute atomic E-state index is 0.0391. The van der Waals surface area contributed by atoms with Gasteiger partial charge in [-0.1, -0.05) is 30.3 Å². The number of ketones is 1. The lowest BCUT2D eigenvalue weighted by molar-refractivity contribution is -0.309. The van der Waals surface area contributed by atoms with Crippen LogP contribution in [-0.2, 0) is 4.79 Å². The highest BCUT2D eigenvalue weighted by molar-refractivity contribution is 6.04. The van der Waals surface area contributed by atoms with Crippen LogP contribution in [0.3, 0.4) is 0 Å². The molecule has 112 valence electrons. The first-order chi connectivity index (χ1) is 10.5. The summed E-state index contributed by atoms with van der Waals surface area (Å²) in [4.78, 5) is 12.5. The maximum Gasteiger partial charge on any atom is 0.164 e. The lowest BCUT2D eigenvalue weighted by Gasteiger charge is -2.37. The van der Waals surface area contributed by atoms with Gasteiger partial charge in [0.05, 0.1) is 19.5 Å². The van der Waals surface area contributed by atoms with E-state index in [0.29, 0.717) is 29.3 Å². The van der Waals surface area contributed by atoms with Gasteiger partial charge in [0, 0.05) is 17.6 Å². The molecule has 0 amide bonds. The van der Waals surface area contributed by atoms with Crippen LogP contribution in [0, 0.1) is 0 Å². The van der Waals surface area contributed by atoms with Crippen molar-refractivity contribution in [3.05, 3.63) is 53.3 Å². The van der Waals surface area contributed by atoms with Gasteiger partial charge in [-0.2, -0.15) is 0 Å². The number of benzene rings is 2. The summed E-state index contributed by atoms with van der Waals surface area (Å²) in [5.74, 6) is 0.0783. The van der Waals surface area contributed by atoms with Crippen LogP contribution in [0.25, 0.3) is 10.8 Å². The van der Waals surface area contributed by atoms with E-state index in [1.165, 1.54) is 16.5 Å². The van der Waals surface area contributed by atoms with Crippen LogP contribution >= 0.6 is 0 Å². The SMILES string of the molecule is C[N+]1(C)c2cccc3cccc(c23)C1C1=C([O-])CCCC1=O. The Morgan fingerprint density at radius 3 is 2.55 bits per heavy atom. The van der Waals surface area contributed by atoms with Crippen molar-refractivity contribution >= 4 is 22.2 Å². The predicted molar refractivity (Wildman–Crippen MR) is 86.2 cm³/mol. The third-order valence-corrected chi connectivity index (χ3v) is 5.16. The molecule has 0 aromatic heterocycles. The molecule has 2 aliphatic rings. The van der Waals surface area contributed by atoms with Crippen LogP contribution in [0.2, 0.25) is 0 Å². The van der Waals surface area contributed by atoms with E-state index in [9.17, 15) is 9.90 Å². The highest BCUT2D eigenvalue weighted by atomic mass is 16.3. The van der Waals surface area contributed by atoms with Crippen molar-refractivity contribution in [3.63, 3.8) is 0 Å². The Balaban J connectivity index is 2.04. The van der Waals surface area contributed by atoms with Gasteiger partial charge in [0.15, 0.2) is 5.78 Å². The zero-order valence-corrected chi connectivity index (χ0v) is 12.9. The van der Waals surface area contributed by atoms with Crippen molar-refractivity contribution in [2.45, 2.75) is 25.3 Å². The first-order valence-corrected chi connectivity index (χ1v) is 7.81. The molecule has 3 nitrogen and oxygen atoms in total. The molecule has 2 aromatic carbocycles. The summed E-state index contributed by atoms with van der Waals surface area (Å²) in [6, 6.07) is 12.3. The molecule has 0 saturated carbocycles. The van der Waals surface area contributed by atoms with Crippen molar-refractivity contribution in [3.8, 4) is 0 Å². The summed E-state index contributed by atoms with van der Waals surface area (Å²) in [5, 5.41) is 14.9. The fourth-order valence-corrected chi connectivity index (χ4v) is 4.16. The van der Waals surface area contributed by atoms with Gasteiger partial charge in [0.1, 0.15) is 11.7 Å². The molecular formula is C19H19NO2. The molecule has 22 heavy (non-hydrogen) atoms. The number of carbonyl (C=O) groups excluding carboxylic acids is 1. The molecule has 0 N–H and O–H groups in total. The minimum Gasteiger partial charge on any atom is -0.875 e. The highest BCUT2D eigenvalue weighted by Gasteiger charge is 2.45. The third kappa shape index (κ3) is 1.63. The van der Waals surface area contributed by atoms with Gasteiger partial charge in [-0.15, -0.1) is 5.76 Å². The molecule has 4 rings (SSSR count). The second kappa shape index (κ2) is 4.43. The lowest BCUT2D eigenvalue weighted by Crippen LogP contribution is -2.44. The molecule has 0 spiro atoms. The monoisotopic (exact) mass is 293 g/mol. The average molecular weight is 293 g/mol. The first kappa shape index (κ1) is 13.5. The minimum atomic E-state index is -0.165. The van der Waals surface area contributed by atoms with E-state index in [2.05, 4.69) is 44.4 Å². The van der Waals surface area contributed by atoms with Gasteiger partial charge < -0.3 is 5.11 Å². The maximum atomic E-state index is 12.5. The largest absolute Gasteiger partial charge is 0.875 e. The molecule has 1 heterocycles. The molecule has 1 aliphatic carbocycles. The quantitative estimate of drug-likeness (QED) is 0.759. The fraction of sp³-hybridized carbons (Fsp3) is 0.316. The lowest BCUT2D eigenvalue weighted by atomic mass is 9.86. The highest BCUT2D eigenvalue weighted by Crippen LogP contribution is 2.51. The zero-order valence-electron chi connectivity index (χ0n) is 12.9. The van der Waals surface area contributed by atoms with E-state index in [1.807, 2.05) is 6.07 Å². The number of rotatable bonds is 1. The molecule has 2 aromatic rings. The van der Waals surface area contributed by atoms with E-state index < -0.39 is 0 Å². The number of Topliss-reactive ketones (excluding diaryl/α,β-unsaturated/α-hetero) is 1. The molecule has 3 heteroatoms. The number of likely N-dealkylation sites (N-methyl/N-ethyl adjacent to an activating group) is 1. The Bertz CT molecular complexity index is 827. The number of carbonyl (C=O) groups is 1. The second-order valence-electron chi connectivity index (χ2n) is 6.78. The van der Waals surface area contributed by atoms with Gasteiger partial charge in [-0.25, -0.2) is 0 Å². The van der Waals surface area contributed by atoms with Crippen molar-refractivity contribution in [1.29, 1.82) is 0 Å². The predicted octanol–water partition coefficient (Wildman–Crippen LogP) is 2.83. The molecule has 0 fully saturated rings. The van der Waals surface area contributed by atoms with Crippen molar-refractivity contribution in [1.82, 2.24) is 4.48 Å². The van der Waals surface area contributed by atoms with E-state index >= 15 is 0 Å². The summed E-state index contributed by atoms with van der Waals surface area (Å²) in [5.41, 5.74) is 2.83. The molecular weight excluding hydrogens is 274 g/mol. The Kier molecular flexibility index (Phi) is 2.73. The van der Waals surface area contributed by atoms with Crippen LogP contribution in [0.5, 0.6) is 0 Å². The van der Waals surface area contributed by atoms with Gasteiger partial charge >= 0.3 is 0 Å². The Morgan fingerprint density at radius 2 is 1.82 bits per heavy atom. The summed E-state index contributed by atoms with van der Waals surface area (Å²) in [7, 11) is 4.20. The van der Waals surface area contributed by atoms with E-state index in [4.69, 9.17) is 0 Å². The maximum absolute atomic E-state index is 12.5. The van der Waals surface area contributed by atoms with E-state index in [-0.39, 0.29) is 17.6 Å². The Morgan fingerprint density at radius 1 is 1.09 bits per heavy atom. The van der Waals surface area contributed by atoms with E-state index in [1.54, 1.807) is 0 Å². The smallest absolute Gasteiger partial charge is 0.164 e.